The molecule has 1 aromatic rings. The maximum absolute atomic E-state index is 5.74. The van der Waals surface area contributed by atoms with Crippen LogP contribution in [0.4, 0.5) is 5.82 Å². The Kier molecular flexibility index (Phi) is 9.55. The summed E-state index contributed by atoms with van der Waals surface area (Å²) in [6, 6.07) is 1.89. The van der Waals surface area contributed by atoms with Crippen LogP contribution in [0.3, 0.4) is 0 Å². The van der Waals surface area contributed by atoms with Gasteiger partial charge in [-0.25, -0.2) is 4.98 Å². The molecule has 5 heteroatoms. The van der Waals surface area contributed by atoms with Crippen LogP contribution < -0.4 is 10.1 Å². The molecule has 0 radical (unpaired) electrons. The third-order valence-electron chi connectivity index (χ3n) is 3.06. The number of ether oxygens (including phenoxy) is 2. The summed E-state index contributed by atoms with van der Waals surface area (Å²) in [4.78, 5) is 9.08. The number of hydrogen-bond donors (Lipinski definition) is 1. The number of hydrogen-bond acceptors (Lipinski definition) is 5. The van der Waals surface area contributed by atoms with Crippen LogP contribution in [0, 0.1) is 5.92 Å². The zero-order chi connectivity index (χ0) is 16.2. The van der Waals surface area contributed by atoms with Gasteiger partial charge in [0.15, 0.2) is 0 Å². The van der Waals surface area contributed by atoms with Crippen molar-refractivity contribution in [3.05, 3.63) is 11.9 Å². The van der Waals surface area contributed by atoms with Crippen LogP contribution >= 0.6 is 0 Å². The fourth-order valence-corrected chi connectivity index (χ4v) is 1.95. The number of anilines is 1. The van der Waals surface area contributed by atoms with E-state index in [4.69, 9.17) is 9.47 Å². The molecule has 126 valence electrons. The van der Waals surface area contributed by atoms with Gasteiger partial charge in [0, 0.05) is 32.2 Å². The molecule has 0 aromatic carbocycles. The van der Waals surface area contributed by atoms with Gasteiger partial charge in [-0.1, -0.05) is 27.2 Å². The lowest BCUT2D eigenvalue weighted by Gasteiger charge is -2.12. The van der Waals surface area contributed by atoms with Crippen LogP contribution in [-0.2, 0) is 11.2 Å². The standard InChI is InChI=1S/C17H31N3O2/c1-5-7-11-22-17-13-15(18-9-8-10-21-6-2)19-16(20-17)12-14(3)4/h13-14H,5-12H2,1-4H3,(H,18,19,20). The fourth-order valence-electron chi connectivity index (χ4n) is 1.95. The van der Waals surface area contributed by atoms with Crippen molar-refractivity contribution in [2.45, 2.75) is 53.4 Å². The molecule has 0 aliphatic carbocycles. The zero-order valence-corrected chi connectivity index (χ0v) is 14.5. The van der Waals surface area contributed by atoms with Crippen molar-refractivity contribution in [3.8, 4) is 5.88 Å². The molecule has 0 bridgehead atoms. The highest BCUT2D eigenvalue weighted by Crippen LogP contribution is 2.16. The summed E-state index contributed by atoms with van der Waals surface area (Å²) in [6.45, 7) is 11.6. The maximum atomic E-state index is 5.74. The first kappa shape index (κ1) is 18.7. The average molecular weight is 309 g/mol. The van der Waals surface area contributed by atoms with E-state index >= 15 is 0 Å². The molecule has 1 rings (SSSR count). The Balaban J connectivity index is 2.61. The van der Waals surface area contributed by atoms with Crippen LogP contribution in [0.15, 0.2) is 6.07 Å². The summed E-state index contributed by atoms with van der Waals surface area (Å²) in [5.41, 5.74) is 0. The monoisotopic (exact) mass is 309 g/mol. The maximum Gasteiger partial charge on any atom is 0.218 e. The predicted octanol–water partition coefficient (Wildman–Crippen LogP) is 3.69. The highest BCUT2D eigenvalue weighted by atomic mass is 16.5. The number of aromatic nitrogens is 2. The fraction of sp³-hybridized carbons (Fsp3) is 0.765. The largest absolute Gasteiger partial charge is 0.478 e. The summed E-state index contributed by atoms with van der Waals surface area (Å²) >= 11 is 0. The number of rotatable bonds is 12. The summed E-state index contributed by atoms with van der Waals surface area (Å²) in [5.74, 6) is 2.88. The second-order valence-electron chi connectivity index (χ2n) is 5.78. The molecular weight excluding hydrogens is 278 g/mol. The molecule has 5 nitrogen and oxygen atoms in total. The van der Waals surface area contributed by atoms with Crippen LogP contribution in [0.1, 0.15) is 52.8 Å². The molecule has 0 aliphatic heterocycles. The normalized spacial score (nSPS) is 11.0. The lowest BCUT2D eigenvalue weighted by atomic mass is 10.1. The molecule has 1 heterocycles. The van der Waals surface area contributed by atoms with Gasteiger partial charge in [-0.3, -0.25) is 0 Å². The van der Waals surface area contributed by atoms with Gasteiger partial charge in [-0.2, -0.15) is 4.98 Å². The van der Waals surface area contributed by atoms with Gasteiger partial charge in [0.25, 0.3) is 0 Å². The van der Waals surface area contributed by atoms with Gasteiger partial charge in [0.05, 0.1) is 6.61 Å². The van der Waals surface area contributed by atoms with Crippen LogP contribution in [0.5, 0.6) is 5.88 Å². The Bertz CT molecular complexity index is 411. The Morgan fingerprint density at radius 1 is 1.14 bits per heavy atom. The van der Waals surface area contributed by atoms with Crippen molar-refractivity contribution in [1.82, 2.24) is 9.97 Å². The first-order valence-electron chi connectivity index (χ1n) is 8.48. The van der Waals surface area contributed by atoms with Crippen molar-refractivity contribution in [3.63, 3.8) is 0 Å². The van der Waals surface area contributed by atoms with E-state index in [1.54, 1.807) is 0 Å². The third kappa shape index (κ3) is 8.17. The minimum absolute atomic E-state index is 0.525. The molecule has 0 fully saturated rings. The quantitative estimate of drug-likeness (QED) is 0.597. The van der Waals surface area contributed by atoms with Crippen LogP contribution in [0.25, 0.3) is 0 Å². The molecule has 0 atom stereocenters. The average Bonchev–Trinajstić information content (AvgIpc) is 2.46. The van der Waals surface area contributed by atoms with Crippen molar-refractivity contribution < 1.29 is 9.47 Å². The molecule has 0 saturated heterocycles. The van der Waals surface area contributed by atoms with Gasteiger partial charge in [-0.15, -0.1) is 0 Å². The lowest BCUT2D eigenvalue weighted by Crippen LogP contribution is -2.11. The van der Waals surface area contributed by atoms with Crippen molar-refractivity contribution in [1.29, 1.82) is 0 Å². The second-order valence-corrected chi connectivity index (χ2v) is 5.78. The van der Waals surface area contributed by atoms with Crippen LogP contribution in [0.2, 0.25) is 0 Å². The number of nitrogens with one attached hydrogen (secondary N) is 1. The summed E-state index contributed by atoms with van der Waals surface area (Å²) < 4.78 is 11.1. The van der Waals surface area contributed by atoms with Crippen molar-refractivity contribution in [2.24, 2.45) is 5.92 Å². The molecule has 0 spiro atoms. The SMILES string of the molecule is CCCCOc1cc(NCCCOCC)nc(CC(C)C)n1. The Morgan fingerprint density at radius 2 is 1.95 bits per heavy atom. The Hall–Kier alpha value is -1.36. The lowest BCUT2D eigenvalue weighted by molar-refractivity contribution is 0.147. The Morgan fingerprint density at radius 3 is 2.64 bits per heavy atom. The van der Waals surface area contributed by atoms with Crippen molar-refractivity contribution >= 4 is 5.82 Å². The van der Waals surface area contributed by atoms with E-state index in [1.165, 1.54) is 0 Å². The van der Waals surface area contributed by atoms with Crippen LogP contribution in [-0.4, -0.2) is 36.3 Å². The topological polar surface area (TPSA) is 56.3 Å². The molecular formula is C17H31N3O2. The van der Waals surface area contributed by atoms with Crippen molar-refractivity contribution in [2.75, 3.05) is 31.7 Å². The van der Waals surface area contributed by atoms with Gasteiger partial charge in [0.1, 0.15) is 11.6 Å². The molecule has 0 unspecified atom stereocenters. The molecule has 0 aliphatic rings. The minimum Gasteiger partial charge on any atom is -0.478 e. The smallest absolute Gasteiger partial charge is 0.218 e. The molecule has 0 saturated carbocycles. The number of nitrogens with zero attached hydrogens (tertiary/aromatic N) is 2. The summed E-state index contributed by atoms with van der Waals surface area (Å²) in [5, 5.41) is 3.34. The van der Waals surface area contributed by atoms with E-state index in [0.717, 1.165) is 57.1 Å². The van der Waals surface area contributed by atoms with E-state index < -0.39 is 0 Å². The van der Waals surface area contributed by atoms with Gasteiger partial charge >= 0.3 is 0 Å². The third-order valence-corrected chi connectivity index (χ3v) is 3.06. The van der Waals surface area contributed by atoms with E-state index in [-0.39, 0.29) is 0 Å². The first-order chi connectivity index (χ1) is 10.7. The molecule has 1 aromatic heterocycles. The van der Waals surface area contributed by atoms with Gasteiger partial charge in [0.2, 0.25) is 5.88 Å². The van der Waals surface area contributed by atoms with E-state index in [1.807, 2.05) is 13.0 Å². The molecule has 1 N–H and O–H groups in total. The number of unbranched alkanes of at least 4 members (excludes halogenated alkanes) is 1. The van der Waals surface area contributed by atoms with Gasteiger partial charge < -0.3 is 14.8 Å². The second kappa shape index (κ2) is 11.2. The van der Waals surface area contributed by atoms with E-state index in [9.17, 15) is 0 Å². The summed E-state index contributed by atoms with van der Waals surface area (Å²) in [6.07, 6.45) is 3.98. The Labute approximate surface area is 134 Å². The molecule has 0 amide bonds. The van der Waals surface area contributed by atoms with Gasteiger partial charge in [-0.05, 0) is 25.7 Å². The highest BCUT2D eigenvalue weighted by molar-refractivity contribution is 5.38. The van der Waals surface area contributed by atoms with E-state index in [0.29, 0.717) is 18.4 Å². The van der Waals surface area contributed by atoms with E-state index in [2.05, 4.69) is 36.1 Å². The predicted molar refractivity (Wildman–Crippen MR) is 90.6 cm³/mol. The minimum atomic E-state index is 0.525. The first-order valence-corrected chi connectivity index (χ1v) is 8.48. The summed E-state index contributed by atoms with van der Waals surface area (Å²) in [7, 11) is 0. The highest BCUT2D eigenvalue weighted by Gasteiger charge is 2.07. The molecule has 22 heavy (non-hydrogen) atoms. The zero-order valence-electron chi connectivity index (χ0n) is 14.5.